The molecule has 0 radical (unpaired) electrons. The Bertz CT molecular complexity index is 969. The van der Waals surface area contributed by atoms with E-state index in [1.165, 1.54) is 37.5 Å². The maximum atomic E-state index is 12.6. The van der Waals surface area contributed by atoms with E-state index in [-0.39, 0.29) is 22.8 Å². The van der Waals surface area contributed by atoms with Crippen LogP contribution in [-0.4, -0.2) is 80.8 Å². The Labute approximate surface area is 183 Å². The summed E-state index contributed by atoms with van der Waals surface area (Å²) in [5.74, 6) is -1.02. The van der Waals surface area contributed by atoms with Crippen molar-refractivity contribution in [3.63, 3.8) is 0 Å². The first-order chi connectivity index (χ1) is 15.2. The highest BCUT2D eigenvalue weighted by Crippen LogP contribution is 2.35. The Morgan fingerprint density at radius 1 is 1.06 bits per heavy atom. The maximum absolute atomic E-state index is 12.6. The molecule has 1 fully saturated rings. The summed E-state index contributed by atoms with van der Waals surface area (Å²) in [5.41, 5.74) is 0.515. The summed E-state index contributed by atoms with van der Waals surface area (Å²) >= 11 is 0. The first kappa shape index (κ1) is 23.5. The van der Waals surface area contributed by atoms with Gasteiger partial charge in [-0.1, -0.05) is 18.2 Å². The van der Waals surface area contributed by atoms with E-state index < -0.39 is 48.8 Å². The summed E-state index contributed by atoms with van der Waals surface area (Å²) in [6, 6.07) is 8.52. The maximum Gasteiger partial charge on any atom is 0.229 e. The average molecular weight is 448 g/mol. The van der Waals surface area contributed by atoms with Gasteiger partial charge in [0.15, 0.2) is 5.78 Å². The van der Waals surface area contributed by atoms with Crippen LogP contribution in [0.2, 0.25) is 0 Å². The molecule has 0 aromatic heterocycles. The third-order valence-corrected chi connectivity index (χ3v) is 4.94. The average Bonchev–Trinajstić information content (AvgIpc) is 2.78. The number of phenols is 2. The fraction of sp³-hybridized carbons (Fsp3) is 0.318. The lowest BCUT2D eigenvalue weighted by Crippen LogP contribution is -2.60. The van der Waals surface area contributed by atoms with Crippen molar-refractivity contribution in [3.05, 3.63) is 53.6 Å². The molecule has 5 unspecified atom stereocenters. The molecule has 0 aliphatic carbocycles. The van der Waals surface area contributed by atoms with Crippen molar-refractivity contribution < 1.29 is 49.6 Å². The summed E-state index contributed by atoms with van der Waals surface area (Å²) < 4.78 is 15.9. The summed E-state index contributed by atoms with van der Waals surface area (Å²) in [6.45, 7) is -0.625. The van der Waals surface area contributed by atoms with Gasteiger partial charge in [-0.25, -0.2) is 0 Å². The molecule has 0 bridgehead atoms. The smallest absolute Gasteiger partial charge is 0.229 e. The second kappa shape index (κ2) is 9.98. The zero-order chi connectivity index (χ0) is 23.4. The molecular formula is C22H24O10. The molecule has 0 spiro atoms. The molecule has 1 saturated heterocycles. The van der Waals surface area contributed by atoms with E-state index in [4.69, 9.17) is 14.2 Å². The summed E-state index contributed by atoms with van der Waals surface area (Å²) in [6.07, 6.45) is -4.73. The van der Waals surface area contributed by atoms with Crippen molar-refractivity contribution >= 4 is 11.9 Å². The van der Waals surface area contributed by atoms with Crippen LogP contribution < -0.4 is 9.47 Å². The molecule has 172 valence electrons. The van der Waals surface area contributed by atoms with Gasteiger partial charge in [-0.05, 0) is 23.8 Å². The molecule has 10 heteroatoms. The van der Waals surface area contributed by atoms with Crippen LogP contribution in [0.3, 0.4) is 0 Å². The highest BCUT2D eigenvalue weighted by atomic mass is 16.7. The molecule has 5 atom stereocenters. The molecule has 2 aromatic carbocycles. The van der Waals surface area contributed by atoms with Crippen LogP contribution in [0, 0.1) is 0 Å². The zero-order valence-electron chi connectivity index (χ0n) is 17.0. The number of ether oxygens (including phenoxy) is 3. The van der Waals surface area contributed by atoms with Gasteiger partial charge in [0.25, 0.3) is 0 Å². The van der Waals surface area contributed by atoms with Crippen LogP contribution in [0.5, 0.6) is 23.0 Å². The Morgan fingerprint density at radius 3 is 2.38 bits per heavy atom. The number of allylic oxidation sites excluding steroid dienone is 1. The number of hydrogen-bond acceptors (Lipinski definition) is 10. The third kappa shape index (κ3) is 5.01. The van der Waals surface area contributed by atoms with Gasteiger partial charge in [0.2, 0.25) is 6.29 Å². The lowest BCUT2D eigenvalue weighted by Gasteiger charge is -2.39. The minimum absolute atomic E-state index is 0.0232. The number of carbonyl (C=O) groups is 1. The number of rotatable bonds is 7. The number of carbonyl (C=O) groups excluding carboxylic acids is 1. The molecule has 10 nitrogen and oxygen atoms in total. The molecule has 1 aliphatic heterocycles. The first-order valence-electron chi connectivity index (χ1n) is 9.64. The quantitative estimate of drug-likeness (QED) is 0.254. The van der Waals surface area contributed by atoms with Crippen molar-refractivity contribution in [2.24, 2.45) is 0 Å². The Hall–Kier alpha value is -3.15. The highest BCUT2D eigenvalue weighted by Gasteiger charge is 2.44. The van der Waals surface area contributed by atoms with E-state index in [0.717, 1.165) is 6.07 Å². The lowest BCUT2D eigenvalue weighted by molar-refractivity contribution is -0.277. The second-order valence-electron chi connectivity index (χ2n) is 7.12. The van der Waals surface area contributed by atoms with Crippen LogP contribution in [0.1, 0.15) is 15.9 Å². The van der Waals surface area contributed by atoms with Crippen molar-refractivity contribution in [3.8, 4) is 23.0 Å². The molecule has 0 amide bonds. The van der Waals surface area contributed by atoms with E-state index in [2.05, 4.69) is 0 Å². The largest absolute Gasteiger partial charge is 0.508 e. The summed E-state index contributed by atoms with van der Waals surface area (Å²) in [5, 5.41) is 58.8. The van der Waals surface area contributed by atoms with Gasteiger partial charge in [-0.15, -0.1) is 0 Å². The van der Waals surface area contributed by atoms with Crippen molar-refractivity contribution in [1.82, 2.24) is 0 Å². The number of ketones is 1. The molecule has 1 aliphatic rings. The normalized spacial score (nSPS) is 25.6. The standard InChI is InChI=1S/C22H24O10/c1-30-16-9-13(31-22-21(29)20(28)19(27)17(10-23)32-22)8-15(26)18(16)14(25)7-4-11-2-5-12(24)6-3-11/h2-9,17,19-24,26-29H,10H2,1H3. The van der Waals surface area contributed by atoms with Crippen molar-refractivity contribution in [1.29, 1.82) is 0 Å². The van der Waals surface area contributed by atoms with Crippen LogP contribution in [0.25, 0.3) is 6.08 Å². The zero-order valence-corrected chi connectivity index (χ0v) is 17.0. The van der Waals surface area contributed by atoms with Gasteiger partial charge in [-0.2, -0.15) is 0 Å². The van der Waals surface area contributed by atoms with E-state index in [0.29, 0.717) is 5.56 Å². The van der Waals surface area contributed by atoms with E-state index in [1.807, 2.05) is 0 Å². The Balaban J connectivity index is 1.81. The molecule has 6 N–H and O–H groups in total. The van der Waals surface area contributed by atoms with Crippen molar-refractivity contribution in [2.75, 3.05) is 13.7 Å². The van der Waals surface area contributed by atoms with Gasteiger partial charge in [0.1, 0.15) is 53.0 Å². The Kier molecular flexibility index (Phi) is 7.33. The number of benzene rings is 2. The predicted octanol–water partition coefficient (Wildman–Crippen LogP) is 0.181. The van der Waals surface area contributed by atoms with Gasteiger partial charge in [0, 0.05) is 12.1 Å². The number of hydrogen-bond donors (Lipinski definition) is 6. The number of aliphatic hydroxyl groups is 4. The van der Waals surface area contributed by atoms with Crippen LogP contribution in [0.4, 0.5) is 0 Å². The lowest BCUT2D eigenvalue weighted by atomic mass is 9.99. The van der Waals surface area contributed by atoms with E-state index in [9.17, 15) is 35.4 Å². The topological polar surface area (TPSA) is 166 Å². The van der Waals surface area contributed by atoms with E-state index >= 15 is 0 Å². The predicted molar refractivity (Wildman–Crippen MR) is 111 cm³/mol. The third-order valence-electron chi connectivity index (χ3n) is 4.94. The first-order valence-corrected chi connectivity index (χ1v) is 9.64. The van der Waals surface area contributed by atoms with Crippen LogP contribution in [0.15, 0.2) is 42.5 Å². The fourth-order valence-electron chi connectivity index (χ4n) is 3.19. The SMILES string of the molecule is COc1cc(OC2OC(CO)C(O)C(O)C2O)cc(O)c1C(=O)C=Cc1ccc(O)cc1. The molecule has 32 heavy (non-hydrogen) atoms. The Morgan fingerprint density at radius 2 is 1.75 bits per heavy atom. The monoisotopic (exact) mass is 448 g/mol. The van der Waals surface area contributed by atoms with Gasteiger partial charge in [-0.3, -0.25) is 4.79 Å². The molecular weight excluding hydrogens is 424 g/mol. The fourth-order valence-corrected chi connectivity index (χ4v) is 3.19. The van der Waals surface area contributed by atoms with Crippen LogP contribution >= 0.6 is 0 Å². The molecule has 1 heterocycles. The molecule has 2 aromatic rings. The van der Waals surface area contributed by atoms with Gasteiger partial charge in [0.05, 0.1) is 13.7 Å². The highest BCUT2D eigenvalue weighted by molar-refractivity contribution is 6.10. The van der Waals surface area contributed by atoms with Gasteiger partial charge < -0.3 is 44.8 Å². The molecule has 0 saturated carbocycles. The minimum Gasteiger partial charge on any atom is -0.508 e. The second-order valence-corrected chi connectivity index (χ2v) is 7.12. The van der Waals surface area contributed by atoms with E-state index in [1.54, 1.807) is 12.1 Å². The minimum atomic E-state index is -1.64. The number of aromatic hydroxyl groups is 2. The number of methoxy groups -OCH3 is 1. The van der Waals surface area contributed by atoms with Crippen LogP contribution in [-0.2, 0) is 4.74 Å². The van der Waals surface area contributed by atoms with Crippen molar-refractivity contribution in [2.45, 2.75) is 30.7 Å². The number of phenolic OH excluding ortho intramolecular Hbond substituents is 2. The summed E-state index contributed by atoms with van der Waals surface area (Å²) in [7, 11) is 1.28. The molecule has 3 rings (SSSR count). The van der Waals surface area contributed by atoms with Gasteiger partial charge >= 0.3 is 0 Å². The summed E-state index contributed by atoms with van der Waals surface area (Å²) in [4.78, 5) is 12.6. The number of aliphatic hydroxyl groups excluding tert-OH is 4.